The Morgan fingerprint density at radius 1 is 1.39 bits per heavy atom. The molecule has 0 aliphatic rings. The molecule has 3 N–H and O–H groups in total. The summed E-state index contributed by atoms with van der Waals surface area (Å²) in [5, 5.41) is 8.79. The Labute approximate surface area is 111 Å². The number of rotatable bonds is 2. The van der Waals surface area contributed by atoms with E-state index in [1.54, 1.807) is 11.7 Å². The normalized spacial score (nSPS) is 10.4. The van der Waals surface area contributed by atoms with Crippen LogP contribution in [0, 0.1) is 13.8 Å². The maximum atomic E-state index is 4.98. The Morgan fingerprint density at radius 2 is 2.11 bits per heavy atom. The zero-order valence-electron chi connectivity index (χ0n) is 10.8. The van der Waals surface area contributed by atoms with Gasteiger partial charge in [-0.25, -0.2) is 4.98 Å². The summed E-state index contributed by atoms with van der Waals surface area (Å²) in [6.07, 6.45) is 0. The second-order valence-electron chi connectivity index (χ2n) is 4.06. The maximum Gasteiger partial charge on any atom is 0.184 e. The molecular weight excluding hydrogens is 248 g/mol. The van der Waals surface area contributed by atoms with Gasteiger partial charge in [-0.15, -0.1) is 0 Å². The topological polar surface area (TPSA) is 66.8 Å². The Bertz CT molecular complexity index is 603. The Hall–Kier alpha value is -1.89. The maximum absolute atomic E-state index is 4.98. The van der Waals surface area contributed by atoms with Gasteiger partial charge >= 0.3 is 0 Å². The Morgan fingerprint density at radius 3 is 2.78 bits per heavy atom. The summed E-state index contributed by atoms with van der Waals surface area (Å²) in [5.74, 6) is 0.709. The molecule has 0 unspecified atom stereocenters. The summed E-state index contributed by atoms with van der Waals surface area (Å²) < 4.78 is 1.78. The number of aryl methyl sites for hydroxylation is 3. The van der Waals surface area contributed by atoms with E-state index in [9.17, 15) is 0 Å². The first-order valence-electron chi connectivity index (χ1n) is 5.57. The SMILES string of the molecule is CNC(=S)NNc1cc(C)c2c(C)nn(C)c2n1. The van der Waals surface area contributed by atoms with Crippen molar-refractivity contribution in [3.63, 3.8) is 0 Å². The van der Waals surface area contributed by atoms with Gasteiger partial charge in [0, 0.05) is 19.5 Å². The first-order valence-corrected chi connectivity index (χ1v) is 5.98. The number of fused-ring (bicyclic) bond motifs is 1. The van der Waals surface area contributed by atoms with Crippen molar-refractivity contribution in [2.75, 3.05) is 12.5 Å². The number of nitrogens with one attached hydrogen (secondary N) is 3. The number of nitrogens with zero attached hydrogens (tertiary/aromatic N) is 3. The van der Waals surface area contributed by atoms with Gasteiger partial charge in [0.05, 0.1) is 5.69 Å². The van der Waals surface area contributed by atoms with Crippen LogP contribution in [0.3, 0.4) is 0 Å². The molecule has 0 spiro atoms. The number of anilines is 1. The highest BCUT2D eigenvalue weighted by Crippen LogP contribution is 2.22. The van der Waals surface area contributed by atoms with Gasteiger partial charge in [-0.05, 0) is 37.7 Å². The van der Waals surface area contributed by atoms with Crippen molar-refractivity contribution in [3.8, 4) is 0 Å². The van der Waals surface area contributed by atoms with Crippen molar-refractivity contribution < 1.29 is 0 Å². The molecule has 6 nitrogen and oxygen atoms in total. The number of hydrazine groups is 1. The molecule has 0 saturated heterocycles. The van der Waals surface area contributed by atoms with Crippen LogP contribution in [-0.2, 0) is 7.05 Å². The summed E-state index contributed by atoms with van der Waals surface area (Å²) in [5.41, 5.74) is 8.78. The van der Waals surface area contributed by atoms with E-state index in [1.807, 2.05) is 27.0 Å². The van der Waals surface area contributed by atoms with E-state index in [0.29, 0.717) is 10.9 Å². The smallest absolute Gasteiger partial charge is 0.184 e. The van der Waals surface area contributed by atoms with E-state index < -0.39 is 0 Å². The minimum atomic E-state index is 0.510. The fourth-order valence-corrected chi connectivity index (χ4v) is 1.96. The summed E-state index contributed by atoms with van der Waals surface area (Å²) in [6.45, 7) is 4.03. The minimum Gasteiger partial charge on any atom is -0.364 e. The van der Waals surface area contributed by atoms with Crippen molar-refractivity contribution in [1.29, 1.82) is 0 Å². The highest BCUT2D eigenvalue weighted by Gasteiger charge is 2.10. The van der Waals surface area contributed by atoms with Crippen LogP contribution >= 0.6 is 12.2 Å². The quantitative estimate of drug-likeness (QED) is 0.555. The van der Waals surface area contributed by atoms with E-state index in [2.05, 4.69) is 26.3 Å². The molecule has 2 aromatic rings. The van der Waals surface area contributed by atoms with Gasteiger partial charge in [0.1, 0.15) is 5.82 Å². The van der Waals surface area contributed by atoms with Crippen LogP contribution in [0.15, 0.2) is 6.07 Å². The lowest BCUT2D eigenvalue weighted by atomic mass is 10.1. The molecule has 7 heteroatoms. The molecule has 0 aromatic carbocycles. The summed E-state index contributed by atoms with van der Waals surface area (Å²) in [7, 11) is 3.64. The third-order valence-electron chi connectivity index (χ3n) is 2.70. The van der Waals surface area contributed by atoms with E-state index in [-0.39, 0.29) is 0 Å². The summed E-state index contributed by atoms with van der Waals surface area (Å²) in [4.78, 5) is 4.50. The minimum absolute atomic E-state index is 0.510. The molecule has 0 aliphatic carbocycles. The van der Waals surface area contributed by atoms with E-state index in [1.165, 1.54) is 0 Å². The summed E-state index contributed by atoms with van der Waals surface area (Å²) >= 11 is 4.98. The average Bonchev–Trinajstić information content (AvgIpc) is 2.62. The fourth-order valence-electron chi connectivity index (χ4n) is 1.91. The number of hydrogen-bond acceptors (Lipinski definition) is 4. The van der Waals surface area contributed by atoms with Gasteiger partial charge in [-0.3, -0.25) is 15.5 Å². The fraction of sp³-hybridized carbons (Fsp3) is 0.364. The molecule has 2 heterocycles. The lowest BCUT2D eigenvalue weighted by Gasteiger charge is -2.10. The third kappa shape index (κ3) is 2.21. The third-order valence-corrected chi connectivity index (χ3v) is 3.00. The highest BCUT2D eigenvalue weighted by molar-refractivity contribution is 7.80. The van der Waals surface area contributed by atoms with Crippen molar-refractivity contribution >= 4 is 34.2 Å². The zero-order valence-corrected chi connectivity index (χ0v) is 11.6. The van der Waals surface area contributed by atoms with Crippen molar-refractivity contribution in [1.82, 2.24) is 25.5 Å². The predicted octanol–water partition coefficient (Wildman–Crippen LogP) is 1.01. The molecule has 96 valence electrons. The van der Waals surface area contributed by atoms with Gasteiger partial charge in [0.25, 0.3) is 0 Å². The van der Waals surface area contributed by atoms with Gasteiger partial charge in [-0.1, -0.05) is 0 Å². The average molecular weight is 264 g/mol. The summed E-state index contributed by atoms with van der Waals surface area (Å²) in [6, 6.07) is 1.96. The second kappa shape index (κ2) is 4.77. The monoisotopic (exact) mass is 264 g/mol. The molecule has 18 heavy (non-hydrogen) atoms. The van der Waals surface area contributed by atoms with Gasteiger partial charge in [0.2, 0.25) is 0 Å². The number of thiocarbonyl (C=S) groups is 1. The largest absolute Gasteiger partial charge is 0.364 e. The van der Waals surface area contributed by atoms with Crippen molar-refractivity contribution in [3.05, 3.63) is 17.3 Å². The molecule has 0 radical (unpaired) electrons. The van der Waals surface area contributed by atoms with Crippen LogP contribution < -0.4 is 16.2 Å². The van der Waals surface area contributed by atoms with E-state index >= 15 is 0 Å². The molecule has 2 rings (SSSR count). The molecule has 0 saturated carbocycles. The van der Waals surface area contributed by atoms with Crippen LogP contribution in [0.2, 0.25) is 0 Å². The van der Waals surface area contributed by atoms with Gasteiger partial charge < -0.3 is 5.32 Å². The molecule has 0 atom stereocenters. The van der Waals surface area contributed by atoms with Gasteiger partial charge in [-0.2, -0.15) is 5.10 Å². The number of aromatic nitrogens is 3. The molecule has 0 aliphatic heterocycles. The van der Waals surface area contributed by atoms with E-state index in [0.717, 1.165) is 22.3 Å². The van der Waals surface area contributed by atoms with Crippen LogP contribution in [-0.4, -0.2) is 26.9 Å². The molecule has 2 aromatic heterocycles. The van der Waals surface area contributed by atoms with Crippen LogP contribution in [0.4, 0.5) is 5.82 Å². The van der Waals surface area contributed by atoms with Crippen LogP contribution in [0.5, 0.6) is 0 Å². The molecule has 0 bridgehead atoms. The molecule has 0 amide bonds. The first kappa shape index (κ1) is 12.6. The Kier molecular flexibility index (Phi) is 3.33. The van der Waals surface area contributed by atoms with Crippen LogP contribution in [0.1, 0.15) is 11.3 Å². The lowest BCUT2D eigenvalue weighted by molar-refractivity contribution is 0.773. The Balaban J connectivity index is 2.36. The number of pyridine rings is 1. The lowest BCUT2D eigenvalue weighted by Crippen LogP contribution is -2.36. The molecule has 0 fully saturated rings. The van der Waals surface area contributed by atoms with Crippen LogP contribution in [0.25, 0.3) is 11.0 Å². The van der Waals surface area contributed by atoms with Crippen molar-refractivity contribution in [2.24, 2.45) is 7.05 Å². The first-order chi connectivity index (χ1) is 8.52. The van der Waals surface area contributed by atoms with Gasteiger partial charge in [0.15, 0.2) is 10.8 Å². The molecular formula is C11H16N6S. The van der Waals surface area contributed by atoms with E-state index in [4.69, 9.17) is 12.2 Å². The number of hydrogen-bond donors (Lipinski definition) is 3. The second-order valence-corrected chi connectivity index (χ2v) is 4.47. The van der Waals surface area contributed by atoms with Crippen molar-refractivity contribution in [2.45, 2.75) is 13.8 Å². The zero-order chi connectivity index (χ0) is 13.3. The highest BCUT2D eigenvalue weighted by atomic mass is 32.1. The predicted molar refractivity (Wildman–Crippen MR) is 76.4 cm³/mol. The standard InChI is InChI=1S/C11H16N6S/c1-6-5-8(14-15-11(18)12-3)13-10-9(6)7(2)16-17(10)4/h5H,1-4H3,(H,13,14)(H2,12,15,18).